The number of aromatic nitrogens is 2. The van der Waals surface area contributed by atoms with Gasteiger partial charge in [-0.05, 0) is 12.1 Å². The molecule has 0 bridgehead atoms. The van der Waals surface area contributed by atoms with Gasteiger partial charge in [-0.3, -0.25) is 0 Å². The number of hydrogen-bond donors (Lipinski definition) is 1. The Labute approximate surface area is 74.5 Å². The zero-order valence-corrected chi connectivity index (χ0v) is 7.19. The van der Waals surface area contributed by atoms with Crippen LogP contribution in [0, 0.1) is 0 Å². The summed E-state index contributed by atoms with van der Waals surface area (Å²) >= 11 is 0. The van der Waals surface area contributed by atoms with Crippen LogP contribution in [-0.4, -0.2) is 34.4 Å². The molecular formula is C7H10N2O4. The molecule has 0 atom stereocenters. The molecule has 6 heteroatoms. The molecule has 1 heterocycles. The molecule has 0 radical (unpaired) electrons. The number of rotatable bonds is 5. The van der Waals surface area contributed by atoms with E-state index in [4.69, 9.17) is 9.84 Å². The van der Waals surface area contributed by atoms with Gasteiger partial charge < -0.3 is 14.4 Å². The number of nitrogens with zero attached hydrogens (tertiary/aromatic N) is 2. The summed E-state index contributed by atoms with van der Waals surface area (Å²) in [6.07, 6.45) is 0.439. The molecule has 0 aliphatic carbocycles. The van der Waals surface area contributed by atoms with Gasteiger partial charge in [0, 0.05) is 6.61 Å². The number of carboxylic acids is 1. The second kappa shape index (κ2) is 4.56. The van der Waals surface area contributed by atoms with E-state index in [1.165, 1.54) is 0 Å². The summed E-state index contributed by atoms with van der Waals surface area (Å²) in [6, 6.07) is 0. The van der Waals surface area contributed by atoms with Crippen LogP contribution >= 0.6 is 0 Å². The Morgan fingerprint density at radius 3 is 3.00 bits per heavy atom. The van der Waals surface area contributed by atoms with Crippen LogP contribution in [0.5, 0.6) is 0 Å². The molecular weight excluding hydrogens is 176 g/mol. The minimum atomic E-state index is -1.19. The lowest BCUT2D eigenvalue weighted by Crippen LogP contribution is -2.01. The highest BCUT2D eigenvalue weighted by molar-refractivity contribution is 5.82. The smallest absolute Gasteiger partial charge is 0.377 e. The van der Waals surface area contributed by atoms with Gasteiger partial charge in [0.25, 0.3) is 5.82 Å². The average molecular weight is 186 g/mol. The van der Waals surface area contributed by atoms with Crippen molar-refractivity contribution in [3.05, 3.63) is 11.7 Å². The molecule has 0 aliphatic heterocycles. The van der Waals surface area contributed by atoms with E-state index in [0.717, 1.165) is 0 Å². The standard InChI is InChI=1S/C7H10N2O4/c1-2-12-4-3-5-8-6(7(10)11)9-13-5/h2-4H2,1H3,(H,10,11). The van der Waals surface area contributed by atoms with E-state index in [9.17, 15) is 4.79 Å². The first-order valence-corrected chi connectivity index (χ1v) is 3.87. The molecule has 0 aromatic carbocycles. The molecule has 72 valence electrons. The fourth-order valence-corrected chi connectivity index (χ4v) is 0.747. The van der Waals surface area contributed by atoms with Crippen molar-refractivity contribution in [2.75, 3.05) is 13.2 Å². The van der Waals surface area contributed by atoms with Gasteiger partial charge in [0.15, 0.2) is 0 Å². The van der Waals surface area contributed by atoms with Crippen molar-refractivity contribution in [2.45, 2.75) is 13.3 Å². The maximum absolute atomic E-state index is 10.3. The second-order valence-corrected chi connectivity index (χ2v) is 2.26. The van der Waals surface area contributed by atoms with Crippen LogP contribution in [0.2, 0.25) is 0 Å². The Bertz CT molecular complexity index is 284. The van der Waals surface area contributed by atoms with Gasteiger partial charge in [0.1, 0.15) is 0 Å². The van der Waals surface area contributed by atoms with Crippen molar-refractivity contribution in [3.8, 4) is 0 Å². The highest BCUT2D eigenvalue weighted by atomic mass is 16.5. The van der Waals surface area contributed by atoms with Crippen LogP contribution < -0.4 is 0 Å². The minimum Gasteiger partial charge on any atom is -0.475 e. The lowest BCUT2D eigenvalue weighted by atomic mass is 10.4. The fourth-order valence-electron chi connectivity index (χ4n) is 0.747. The quantitative estimate of drug-likeness (QED) is 0.667. The van der Waals surface area contributed by atoms with E-state index in [1.807, 2.05) is 6.92 Å². The van der Waals surface area contributed by atoms with Gasteiger partial charge in [-0.2, -0.15) is 4.98 Å². The lowest BCUT2D eigenvalue weighted by Gasteiger charge is -1.94. The van der Waals surface area contributed by atoms with Crippen molar-refractivity contribution in [1.82, 2.24) is 10.1 Å². The van der Waals surface area contributed by atoms with E-state index in [-0.39, 0.29) is 11.7 Å². The summed E-state index contributed by atoms with van der Waals surface area (Å²) in [6.45, 7) is 2.94. The van der Waals surface area contributed by atoms with Gasteiger partial charge in [-0.15, -0.1) is 0 Å². The summed E-state index contributed by atoms with van der Waals surface area (Å²) in [7, 11) is 0. The van der Waals surface area contributed by atoms with Gasteiger partial charge in [0.05, 0.1) is 13.0 Å². The Hall–Kier alpha value is -1.43. The van der Waals surface area contributed by atoms with Crippen LogP contribution in [0.1, 0.15) is 23.4 Å². The van der Waals surface area contributed by atoms with Crippen molar-refractivity contribution in [3.63, 3.8) is 0 Å². The largest absolute Gasteiger partial charge is 0.475 e. The maximum atomic E-state index is 10.3. The molecule has 0 amide bonds. The number of ether oxygens (including phenoxy) is 1. The topological polar surface area (TPSA) is 85.5 Å². The molecule has 0 saturated heterocycles. The molecule has 6 nitrogen and oxygen atoms in total. The summed E-state index contributed by atoms with van der Waals surface area (Å²) < 4.78 is 9.68. The van der Waals surface area contributed by atoms with Crippen LogP contribution in [-0.2, 0) is 11.2 Å². The molecule has 1 aromatic rings. The van der Waals surface area contributed by atoms with Crippen LogP contribution in [0.15, 0.2) is 4.52 Å². The van der Waals surface area contributed by atoms with E-state index in [1.54, 1.807) is 0 Å². The Morgan fingerprint density at radius 2 is 2.46 bits per heavy atom. The molecule has 0 saturated carbocycles. The van der Waals surface area contributed by atoms with Crippen LogP contribution in [0.4, 0.5) is 0 Å². The molecule has 13 heavy (non-hydrogen) atoms. The molecule has 0 aliphatic rings. The summed E-state index contributed by atoms with van der Waals surface area (Å²) in [5.41, 5.74) is 0. The van der Waals surface area contributed by atoms with Crippen molar-refractivity contribution >= 4 is 5.97 Å². The minimum absolute atomic E-state index is 0.283. The van der Waals surface area contributed by atoms with Crippen LogP contribution in [0.3, 0.4) is 0 Å². The van der Waals surface area contributed by atoms with Crippen LogP contribution in [0.25, 0.3) is 0 Å². The van der Waals surface area contributed by atoms with Gasteiger partial charge in [0.2, 0.25) is 5.89 Å². The van der Waals surface area contributed by atoms with E-state index in [2.05, 4.69) is 14.7 Å². The summed E-state index contributed by atoms with van der Waals surface area (Å²) in [5.74, 6) is -1.22. The maximum Gasteiger partial charge on any atom is 0.377 e. The Balaban J connectivity index is 2.44. The molecule has 1 aromatic heterocycles. The first kappa shape index (κ1) is 9.66. The lowest BCUT2D eigenvalue weighted by molar-refractivity contribution is 0.0680. The SMILES string of the molecule is CCOCCc1nc(C(=O)O)no1. The van der Waals surface area contributed by atoms with Gasteiger partial charge in [-0.1, -0.05) is 0 Å². The predicted molar refractivity (Wildman–Crippen MR) is 41.5 cm³/mol. The zero-order chi connectivity index (χ0) is 9.68. The highest BCUT2D eigenvalue weighted by Gasteiger charge is 2.11. The second-order valence-electron chi connectivity index (χ2n) is 2.26. The summed E-state index contributed by atoms with van der Waals surface area (Å²) in [4.78, 5) is 14.0. The molecule has 1 N–H and O–H groups in total. The van der Waals surface area contributed by atoms with Crippen molar-refractivity contribution in [2.24, 2.45) is 0 Å². The van der Waals surface area contributed by atoms with Crippen molar-refractivity contribution < 1.29 is 19.2 Å². The summed E-state index contributed by atoms with van der Waals surface area (Å²) in [5, 5.41) is 11.7. The van der Waals surface area contributed by atoms with Gasteiger partial charge >= 0.3 is 5.97 Å². The average Bonchev–Trinajstić information content (AvgIpc) is 2.53. The highest BCUT2D eigenvalue weighted by Crippen LogP contribution is 1.98. The third-order valence-corrected chi connectivity index (χ3v) is 1.32. The number of hydrogen-bond acceptors (Lipinski definition) is 5. The monoisotopic (exact) mass is 186 g/mol. The number of carboxylic acid groups (broad SMARTS) is 1. The van der Waals surface area contributed by atoms with E-state index >= 15 is 0 Å². The normalized spacial score (nSPS) is 10.2. The zero-order valence-electron chi connectivity index (χ0n) is 7.19. The van der Waals surface area contributed by atoms with E-state index < -0.39 is 5.97 Å². The molecule has 1 rings (SSSR count). The van der Waals surface area contributed by atoms with Crippen molar-refractivity contribution in [1.29, 1.82) is 0 Å². The predicted octanol–water partition coefficient (Wildman–Crippen LogP) is 0.347. The Kier molecular flexibility index (Phi) is 3.39. The number of aromatic carboxylic acids is 1. The first-order valence-electron chi connectivity index (χ1n) is 3.87. The first-order chi connectivity index (χ1) is 6.24. The fraction of sp³-hybridized carbons (Fsp3) is 0.571. The molecule has 0 fully saturated rings. The molecule has 0 spiro atoms. The Morgan fingerprint density at radius 1 is 1.69 bits per heavy atom. The van der Waals surface area contributed by atoms with Gasteiger partial charge in [-0.25, -0.2) is 4.79 Å². The molecule has 0 unspecified atom stereocenters. The third kappa shape index (κ3) is 2.83. The third-order valence-electron chi connectivity index (χ3n) is 1.32. The van der Waals surface area contributed by atoms with E-state index in [0.29, 0.717) is 19.6 Å². The number of carbonyl (C=O) groups is 1.